The topological polar surface area (TPSA) is 15.3 Å². The summed E-state index contributed by atoms with van der Waals surface area (Å²) in [6, 6.07) is 20.0. The lowest BCUT2D eigenvalue weighted by molar-refractivity contribution is 0.217. The van der Waals surface area contributed by atoms with E-state index in [9.17, 15) is 0 Å². The van der Waals surface area contributed by atoms with Crippen molar-refractivity contribution in [3.05, 3.63) is 71.3 Å². The number of hydrogen-bond acceptors (Lipinski definition) is 2. The molecule has 0 spiro atoms. The number of rotatable bonds is 5. The predicted molar refractivity (Wildman–Crippen MR) is 88.0 cm³/mol. The molecule has 2 heteroatoms. The molecule has 2 unspecified atom stereocenters. The Morgan fingerprint density at radius 1 is 0.952 bits per heavy atom. The van der Waals surface area contributed by atoms with Crippen LogP contribution in [0.15, 0.2) is 54.6 Å². The fraction of sp³-hybridized carbons (Fsp3) is 0.368. The van der Waals surface area contributed by atoms with Crippen molar-refractivity contribution in [2.24, 2.45) is 5.92 Å². The Morgan fingerprint density at radius 3 is 2.10 bits per heavy atom. The molecule has 1 N–H and O–H groups in total. The minimum Gasteiger partial charge on any atom is -0.313 e. The van der Waals surface area contributed by atoms with E-state index in [-0.39, 0.29) is 0 Å². The average Bonchev–Trinajstić information content (AvgIpc) is 2.91. The first-order chi connectivity index (χ1) is 10.3. The van der Waals surface area contributed by atoms with Crippen LogP contribution in [-0.2, 0) is 13.1 Å². The Balaban J connectivity index is 1.65. The highest BCUT2D eigenvalue weighted by Crippen LogP contribution is 2.27. The van der Waals surface area contributed by atoms with Crippen LogP contribution >= 0.6 is 0 Å². The summed E-state index contributed by atoms with van der Waals surface area (Å²) >= 11 is 0. The molecule has 0 bridgehead atoms. The molecule has 2 atom stereocenters. The van der Waals surface area contributed by atoms with Crippen LogP contribution in [0, 0.1) is 5.92 Å². The van der Waals surface area contributed by atoms with E-state index < -0.39 is 0 Å². The SMILES string of the molecule is CNC(c1ccccc1)C(C)CN1Cc2ccccc2C1. The Morgan fingerprint density at radius 2 is 1.52 bits per heavy atom. The highest BCUT2D eigenvalue weighted by Gasteiger charge is 2.24. The van der Waals surface area contributed by atoms with Crippen LogP contribution in [0.5, 0.6) is 0 Å². The zero-order valence-electron chi connectivity index (χ0n) is 12.9. The number of hydrogen-bond donors (Lipinski definition) is 1. The van der Waals surface area contributed by atoms with Crippen LogP contribution < -0.4 is 5.32 Å². The van der Waals surface area contributed by atoms with Crippen LogP contribution in [0.25, 0.3) is 0 Å². The lowest BCUT2D eigenvalue weighted by Gasteiger charge is -2.28. The third-order valence-electron chi connectivity index (χ3n) is 4.49. The molecule has 1 heterocycles. The molecular weight excluding hydrogens is 256 g/mol. The van der Waals surface area contributed by atoms with Crippen molar-refractivity contribution < 1.29 is 0 Å². The fourth-order valence-electron chi connectivity index (χ4n) is 3.49. The largest absolute Gasteiger partial charge is 0.313 e. The highest BCUT2D eigenvalue weighted by atomic mass is 15.1. The molecule has 0 amide bonds. The van der Waals surface area contributed by atoms with Gasteiger partial charge in [0.2, 0.25) is 0 Å². The van der Waals surface area contributed by atoms with E-state index in [0.29, 0.717) is 12.0 Å². The lowest BCUT2D eigenvalue weighted by Crippen LogP contribution is -2.32. The Hall–Kier alpha value is -1.64. The molecule has 0 fully saturated rings. The molecule has 0 aromatic heterocycles. The molecule has 2 aromatic carbocycles. The van der Waals surface area contributed by atoms with E-state index in [0.717, 1.165) is 19.6 Å². The molecule has 2 nitrogen and oxygen atoms in total. The zero-order chi connectivity index (χ0) is 14.7. The van der Waals surface area contributed by atoms with E-state index in [2.05, 4.69) is 78.8 Å². The monoisotopic (exact) mass is 280 g/mol. The van der Waals surface area contributed by atoms with Gasteiger partial charge in [0.1, 0.15) is 0 Å². The van der Waals surface area contributed by atoms with Gasteiger partial charge in [-0.1, -0.05) is 61.5 Å². The van der Waals surface area contributed by atoms with Crippen LogP contribution in [0.4, 0.5) is 0 Å². The summed E-state index contributed by atoms with van der Waals surface area (Å²) in [7, 11) is 2.06. The molecule has 0 radical (unpaired) electrons. The van der Waals surface area contributed by atoms with Crippen molar-refractivity contribution in [3.8, 4) is 0 Å². The van der Waals surface area contributed by atoms with E-state index in [1.165, 1.54) is 16.7 Å². The van der Waals surface area contributed by atoms with Gasteiger partial charge in [0.25, 0.3) is 0 Å². The molecule has 0 aliphatic carbocycles. The van der Waals surface area contributed by atoms with E-state index >= 15 is 0 Å². The highest BCUT2D eigenvalue weighted by molar-refractivity contribution is 5.30. The van der Waals surface area contributed by atoms with E-state index in [1.54, 1.807) is 0 Å². The van der Waals surface area contributed by atoms with Gasteiger partial charge < -0.3 is 5.32 Å². The van der Waals surface area contributed by atoms with Gasteiger partial charge in [-0.25, -0.2) is 0 Å². The summed E-state index contributed by atoms with van der Waals surface area (Å²) in [5, 5.41) is 3.49. The molecule has 2 aromatic rings. The molecule has 1 aliphatic heterocycles. The maximum absolute atomic E-state index is 3.49. The third-order valence-corrected chi connectivity index (χ3v) is 4.49. The molecule has 1 aliphatic rings. The summed E-state index contributed by atoms with van der Waals surface area (Å²) < 4.78 is 0. The summed E-state index contributed by atoms with van der Waals surface area (Å²) in [5.74, 6) is 0.576. The molecule has 0 saturated carbocycles. The van der Waals surface area contributed by atoms with Gasteiger partial charge in [0.05, 0.1) is 0 Å². The second kappa shape index (κ2) is 6.42. The molecule has 110 valence electrons. The second-order valence-electron chi connectivity index (χ2n) is 6.09. The van der Waals surface area contributed by atoms with Crippen molar-refractivity contribution in [3.63, 3.8) is 0 Å². The maximum Gasteiger partial charge on any atom is 0.0355 e. The average molecular weight is 280 g/mol. The van der Waals surface area contributed by atoms with Gasteiger partial charge in [-0.3, -0.25) is 4.90 Å². The first kappa shape index (κ1) is 14.3. The van der Waals surface area contributed by atoms with Crippen molar-refractivity contribution >= 4 is 0 Å². The smallest absolute Gasteiger partial charge is 0.0355 e. The van der Waals surface area contributed by atoms with Gasteiger partial charge in [-0.05, 0) is 29.7 Å². The first-order valence-electron chi connectivity index (χ1n) is 7.79. The number of nitrogens with one attached hydrogen (secondary N) is 1. The van der Waals surface area contributed by atoms with Crippen molar-refractivity contribution in [1.82, 2.24) is 10.2 Å². The summed E-state index contributed by atoms with van der Waals surface area (Å²) in [4.78, 5) is 2.56. The third kappa shape index (κ3) is 3.17. The van der Waals surface area contributed by atoms with Crippen LogP contribution in [0.2, 0.25) is 0 Å². The normalized spacial score (nSPS) is 17.4. The zero-order valence-corrected chi connectivity index (χ0v) is 12.9. The van der Waals surface area contributed by atoms with Gasteiger partial charge in [0, 0.05) is 25.7 Å². The minimum atomic E-state index is 0.412. The van der Waals surface area contributed by atoms with Crippen LogP contribution in [-0.4, -0.2) is 18.5 Å². The summed E-state index contributed by atoms with van der Waals surface area (Å²) in [6.45, 7) is 5.64. The molecule has 3 rings (SSSR count). The van der Waals surface area contributed by atoms with Crippen molar-refractivity contribution in [1.29, 1.82) is 0 Å². The van der Waals surface area contributed by atoms with Gasteiger partial charge in [0.15, 0.2) is 0 Å². The molecule has 21 heavy (non-hydrogen) atoms. The fourth-order valence-corrected chi connectivity index (χ4v) is 3.49. The summed E-state index contributed by atoms with van der Waals surface area (Å²) in [5.41, 5.74) is 4.36. The lowest BCUT2D eigenvalue weighted by atomic mass is 9.94. The number of nitrogens with zero attached hydrogens (tertiary/aromatic N) is 1. The Kier molecular flexibility index (Phi) is 4.37. The standard InChI is InChI=1S/C19H24N2/c1-15(19(20-2)16-8-4-3-5-9-16)12-21-13-17-10-6-7-11-18(17)14-21/h3-11,15,19-20H,12-14H2,1-2H3. The van der Waals surface area contributed by atoms with Gasteiger partial charge in [-0.2, -0.15) is 0 Å². The van der Waals surface area contributed by atoms with E-state index in [1.807, 2.05) is 0 Å². The Bertz CT molecular complexity index is 554. The minimum absolute atomic E-state index is 0.412. The maximum atomic E-state index is 3.49. The van der Waals surface area contributed by atoms with E-state index in [4.69, 9.17) is 0 Å². The van der Waals surface area contributed by atoms with Crippen molar-refractivity contribution in [2.75, 3.05) is 13.6 Å². The van der Waals surface area contributed by atoms with Gasteiger partial charge in [-0.15, -0.1) is 0 Å². The van der Waals surface area contributed by atoms with Crippen molar-refractivity contribution in [2.45, 2.75) is 26.1 Å². The van der Waals surface area contributed by atoms with Crippen LogP contribution in [0.1, 0.15) is 29.7 Å². The predicted octanol–water partition coefficient (Wildman–Crippen LogP) is 3.60. The molecule has 0 saturated heterocycles. The van der Waals surface area contributed by atoms with Gasteiger partial charge >= 0.3 is 0 Å². The van der Waals surface area contributed by atoms with Crippen LogP contribution in [0.3, 0.4) is 0 Å². The molecular formula is C19H24N2. The quantitative estimate of drug-likeness (QED) is 0.900. The number of fused-ring (bicyclic) bond motifs is 1. The second-order valence-corrected chi connectivity index (χ2v) is 6.09. The number of benzene rings is 2. The first-order valence-corrected chi connectivity index (χ1v) is 7.79. The Labute approximate surface area is 127 Å². The summed E-state index contributed by atoms with van der Waals surface area (Å²) in [6.07, 6.45) is 0.